The fourth-order valence-electron chi connectivity index (χ4n) is 4.38. The zero-order chi connectivity index (χ0) is 19.2. The van der Waals surface area contributed by atoms with Gasteiger partial charge in [0.05, 0.1) is 6.42 Å². The summed E-state index contributed by atoms with van der Waals surface area (Å²) in [5.41, 5.74) is 4.04. The molecule has 2 amide bonds. The Morgan fingerprint density at radius 3 is 2.52 bits per heavy atom. The minimum atomic E-state index is 0.0830. The van der Waals surface area contributed by atoms with Gasteiger partial charge >= 0.3 is 0 Å². The molecule has 1 heterocycles. The van der Waals surface area contributed by atoms with Crippen LogP contribution in [0.25, 0.3) is 0 Å². The van der Waals surface area contributed by atoms with Gasteiger partial charge in [0, 0.05) is 32.6 Å². The standard InChI is InChI=1S/C23H34N2O2/c1-3-4-13-24(2)23(27)20-11-14-25(15-12-20)22(26)17-18-9-10-19-7-5-6-8-21(19)16-18/h9-10,16,20H,3-8,11-15,17H2,1-2H3. The number of likely N-dealkylation sites (tertiary alicyclic amines) is 1. The lowest BCUT2D eigenvalue weighted by atomic mass is 9.89. The van der Waals surface area contributed by atoms with Crippen molar-refractivity contribution in [1.29, 1.82) is 0 Å². The SMILES string of the molecule is CCCCN(C)C(=O)C1CCN(C(=O)Cc2ccc3c(c2)CCCC3)CC1. The molecule has 27 heavy (non-hydrogen) atoms. The van der Waals surface area contributed by atoms with Gasteiger partial charge in [0.25, 0.3) is 0 Å². The van der Waals surface area contributed by atoms with Crippen LogP contribution >= 0.6 is 0 Å². The Balaban J connectivity index is 1.49. The summed E-state index contributed by atoms with van der Waals surface area (Å²) in [5.74, 6) is 0.542. The molecule has 0 aromatic heterocycles. The Morgan fingerprint density at radius 1 is 1.11 bits per heavy atom. The van der Waals surface area contributed by atoms with Crippen LogP contribution in [-0.4, -0.2) is 48.3 Å². The molecule has 0 atom stereocenters. The second-order valence-corrected chi connectivity index (χ2v) is 8.26. The smallest absolute Gasteiger partial charge is 0.226 e. The molecule has 0 radical (unpaired) electrons. The highest BCUT2D eigenvalue weighted by Gasteiger charge is 2.29. The maximum atomic E-state index is 12.7. The van der Waals surface area contributed by atoms with E-state index in [9.17, 15) is 9.59 Å². The number of aryl methyl sites for hydroxylation is 2. The molecule has 1 aromatic carbocycles. The summed E-state index contributed by atoms with van der Waals surface area (Å²) < 4.78 is 0. The molecule has 2 aliphatic rings. The van der Waals surface area contributed by atoms with Crippen LogP contribution in [0.3, 0.4) is 0 Å². The van der Waals surface area contributed by atoms with E-state index in [1.807, 2.05) is 16.8 Å². The molecule has 0 unspecified atom stereocenters. The van der Waals surface area contributed by atoms with E-state index in [2.05, 4.69) is 25.1 Å². The summed E-state index contributed by atoms with van der Waals surface area (Å²) >= 11 is 0. The van der Waals surface area contributed by atoms with Crippen molar-refractivity contribution in [2.45, 2.75) is 64.7 Å². The number of hydrogen-bond acceptors (Lipinski definition) is 2. The third kappa shape index (κ3) is 5.12. The van der Waals surface area contributed by atoms with E-state index in [0.717, 1.165) is 44.2 Å². The van der Waals surface area contributed by atoms with E-state index in [-0.39, 0.29) is 17.7 Å². The van der Waals surface area contributed by atoms with Crippen molar-refractivity contribution in [2.24, 2.45) is 5.92 Å². The first-order chi connectivity index (χ1) is 13.1. The third-order valence-electron chi connectivity index (χ3n) is 6.19. The zero-order valence-corrected chi connectivity index (χ0v) is 17.0. The fourth-order valence-corrected chi connectivity index (χ4v) is 4.38. The van der Waals surface area contributed by atoms with Crippen LogP contribution in [0.15, 0.2) is 18.2 Å². The summed E-state index contributed by atoms with van der Waals surface area (Å²) in [6.07, 6.45) is 9.12. The summed E-state index contributed by atoms with van der Waals surface area (Å²) in [4.78, 5) is 29.1. The summed E-state index contributed by atoms with van der Waals surface area (Å²) in [6.45, 7) is 4.40. The number of piperidine rings is 1. The topological polar surface area (TPSA) is 40.6 Å². The molecule has 1 aliphatic carbocycles. The van der Waals surface area contributed by atoms with E-state index in [1.54, 1.807) is 0 Å². The molecule has 0 bridgehead atoms. The molecule has 0 N–H and O–H groups in total. The molecular weight excluding hydrogens is 336 g/mol. The van der Waals surface area contributed by atoms with Gasteiger partial charge in [0.1, 0.15) is 0 Å². The second-order valence-electron chi connectivity index (χ2n) is 8.26. The number of fused-ring (bicyclic) bond motifs is 1. The van der Waals surface area contributed by atoms with E-state index < -0.39 is 0 Å². The average Bonchev–Trinajstić information content (AvgIpc) is 2.71. The fraction of sp³-hybridized carbons (Fsp3) is 0.652. The number of hydrogen-bond donors (Lipinski definition) is 0. The first-order valence-electron chi connectivity index (χ1n) is 10.7. The van der Waals surface area contributed by atoms with Gasteiger partial charge in [0.15, 0.2) is 0 Å². The minimum Gasteiger partial charge on any atom is -0.346 e. The Bertz CT molecular complexity index is 662. The largest absolute Gasteiger partial charge is 0.346 e. The summed E-state index contributed by atoms with van der Waals surface area (Å²) in [6, 6.07) is 6.58. The van der Waals surface area contributed by atoms with Crippen molar-refractivity contribution in [2.75, 3.05) is 26.7 Å². The monoisotopic (exact) mass is 370 g/mol. The van der Waals surface area contributed by atoms with Crippen LogP contribution in [0.2, 0.25) is 0 Å². The second kappa shape index (κ2) is 9.38. The predicted molar refractivity (Wildman–Crippen MR) is 109 cm³/mol. The van der Waals surface area contributed by atoms with Crippen molar-refractivity contribution < 1.29 is 9.59 Å². The zero-order valence-electron chi connectivity index (χ0n) is 17.0. The van der Waals surface area contributed by atoms with Gasteiger partial charge in [-0.2, -0.15) is 0 Å². The molecule has 1 saturated heterocycles. The number of rotatable bonds is 6. The summed E-state index contributed by atoms with van der Waals surface area (Å²) in [7, 11) is 1.91. The number of unbranched alkanes of at least 4 members (excludes halogenated alkanes) is 1. The lowest BCUT2D eigenvalue weighted by Crippen LogP contribution is -2.44. The van der Waals surface area contributed by atoms with Crippen molar-refractivity contribution in [3.63, 3.8) is 0 Å². The Hall–Kier alpha value is -1.84. The Morgan fingerprint density at radius 2 is 1.81 bits per heavy atom. The van der Waals surface area contributed by atoms with Crippen LogP contribution in [0, 0.1) is 5.92 Å². The lowest BCUT2D eigenvalue weighted by Gasteiger charge is -2.33. The highest BCUT2D eigenvalue weighted by Crippen LogP contribution is 2.24. The molecule has 1 aliphatic heterocycles. The minimum absolute atomic E-state index is 0.0830. The molecule has 0 spiro atoms. The molecular formula is C23H34N2O2. The van der Waals surface area contributed by atoms with Crippen LogP contribution < -0.4 is 0 Å². The molecule has 1 fully saturated rings. The van der Waals surface area contributed by atoms with Crippen molar-refractivity contribution in [3.05, 3.63) is 34.9 Å². The van der Waals surface area contributed by atoms with Crippen LogP contribution in [0.4, 0.5) is 0 Å². The first kappa shape index (κ1) is 19.9. The van der Waals surface area contributed by atoms with Gasteiger partial charge in [-0.1, -0.05) is 31.5 Å². The van der Waals surface area contributed by atoms with Gasteiger partial charge in [-0.3, -0.25) is 9.59 Å². The van der Waals surface area contributed by atoms with Crippen molar-refractivity contribution >= 4 is 11.8 Å². The van der Waals surface area contributed by atoms with Gasteiger partial charge in [-0.25, -0.2) is 0 Å². The number of amides is 2. The summed E-state index contributed by atoms with van der Waals surface area (Å²) in [5, 5.41) is 0. The maximum absolute atomic E-state index is 12.7. The molecule has 1 aromatic rings. The third-order valence-corrected chi connectivity index (χ3v) is 6.19. The highest BCUT2D eigenvalue weighted by molar-refractivity contribution is 5.81. The van der Waals surface area contributed by atoms with Crippen LogP contribution in [0.5, 0.6) is 0 Å². The Kier molecular flexibility index (Phi) is 6.92. The number of carbonyl (C=O) groups is 2. The molecule has 4 heteroatoms. The molecule has 0 saturated carbocycles. The molecule has 3 rings (SSSR count). The predicted octanol–water partition coefficient (Wildman–Crippen LogP) is 3.61. The van der Waals surface area contributed by atoms with Crippen molar-refractivity contribution in [1.82, 2.24) is 9.80 Å². The molecule has 4 nitrogen and oxygen atoms in total. The van der Waals surface area contributed by atoms with E-state index in [1.165, 1.54) is 30.4 Å². The molecule has 148 valence electrons. The highest BCUT2D eigenvalue weighted by atomic mass is 16.2. The quantitative estimate of drug-likeness (QED) is 0.768. The van der Waals surface area contributed by atoms with E-state index >= 15 is 0 Å². The maximum Gasteiger partial charge on any atom is 0.226 e. The number of carbonyl (C=O) groups excluding carboxylic acids is 2. The van der Waals surface area contributed by atoms with Crippen LogP contribution in [-0.2, 0) is 28.9 Å². The van der Waals surface area contributed by atoms with Crippen LogP contribution in [0.1, 0.15) is 62.1 Å². The van der Waals surface area contributed by atoms with E-state index in [0.29, 0.717) is 19.5 Å². The normalized spacial score (nSPS) is 17.5. The van der Waals surface area contributed by atoms with Gasteiger partial charge in [0.2, 0.25) is 11.8 Å². The van der Waals surface area contributed by atoms with Gasteiger partial charge in [-0.15, -0.1) is 0 Å². The first-order valence-corrected chi connectivity index (χ1v) is 10.7. The average molecular weight is 371 g/mol. The van der Waals surface area contributed by atoms with Gasteiger partial charge < -0.3 is 9.80 Å². The lowest BCUT2D eigenvalue weighted by molar-refractivity contribution is -0.139. The number of nitrogens with zero attached hydrogens (tertiary/aromatic N) is 2. The number of benzene rings is 1. The Labute approximate surface area is 163 Å². The van der Waals surface area contributed by atoms with E-state index in [4.69, 9.17) is 0 Å². The van der Waals surface area contributed by atoms with Gasteiger partial charge in [-0.05, 0) is 61.6 Å². The van der Waals surface area contributed by atoms with Crippen molar-refractivity contribution in [3.8, 4) is 0 Å².